The minimum Gasteiger partial charge on any atom is -0.481 e. The lowest BCUT2D eigenvalue weighted by atomic mass is 9.87. The molecule has 1 aliphatic heterocycles. The highest BCUT2D eigenvalue weighted by atomic mass is 16.4. The van der Waals surface area contributed by atoms with Gasteiger partial charge in [-0.25, -0.2) is 0 Å². The standard InChI is InChI=1S/C15H19NO3/c1-10(11-7-5-4-6-8-11)16-13(17)9-12(14(18)19)15(16,2)3/h4-8,10,12H,9H2,1-3H3,(H,18,19). The molecule has 0 saturated carbocycles. The summed E-state index contributed by atoms with van der Waals surface area (Å²) in [5.74, 6) is -1.64. The van der Waals surface area contributed by atoms with E-state index in [-0.39, 0.29) is 18.4 Å². The molecule has 102 valence electrons. The van der Waals surface area contributed by atoms with Gasteiger partial charge in [-0.15, -0.1) is 0 Å². The van der Waals surface area contributed by atoms with E-state index in [1.54, 1.807) is 4.90 Å². The van der Waals surface area contributed by atoms with Crippen LogP contribution in [0.4, 0.5) is 0 Å². The highest BCUT2D eigenvalue weighted by molar-refractivity contribution is 5.88. The molecule has 0 aromatic heterocycles. The second-order valence-corrected chi connectivity index (χ2v) is 5.60. The predicted octanol–water partition coefficient (Wildman–Crippen LogP) is 2.46. The Morgan fingerprint density at radius 2 is 1.95 bits per heavy atom. The van der Waals surface area contributed by atoms with Crippen LogP contribution in [-0.2, 0) is 9.59 Å². The summed E-state index contributed by atoms with van der Waals surface area (Å²) in [7, 11) is 0. The number of hydrogen-bond acceptors (Lipinski definition) is 2. The second-order valence-electron chi connectivity index (χ2n) is 5.60. The Kier molecular flexibility index (Phi) is 3.35. The summed E-state index contributed by atoms with van der Waals surface area (Å²) >= 11 is 0. The molecule has 1 saturated heterocycles. The van der Waals surface area contributed by atoms with Crippen LogP contribution in [0.1, 0.15) is 38.8 Å². The third-order valence-corrected chi connectivity index (χ3v) is 4.09. The largest absolute Gasteiger partial charge is 0.481 e. The molecule has 0 spiro atoms. The fourth-order valence-electron chi connectivity index (χ4n) is 3.00. The van der Waals surface area contributed by atoms with Crippen LogP contribution in [0, 0.1) is 5.92 Å². The predicted molar refractivity (Wildman–Crippen MR) is 71.5 cm³/mol. The third-order valence-electron chi connectivity index (χ3n) is 4.09. The second kappa shape index (κ2) is 4.68. The van der Waals surface area contributed by atoms with Gasteiger partial charge in [0.15, 0.2) is 0 Å². The molecular weight excluding hydrogens is 242 g/mol. The summed E-state index contributed by atoms with van der Waals surface area (Å²) in [6, 6.07) is 9.58. The molecule has 1 heterocycles. The van der Waals surface area contributed by atoms with Crippen molar-refractivity contribution in [3.05, 3.63) is 35.9 Å². The van der Waals surface area contributed by atoms with Crippen molar-refractivity contribution in [2.75, 3.05) is 0 Å². The number of carbonyl (C=O) groups is 2. The number of nitrogens with zero attached hydrogens (tertiary/aromatic N) is 1. The van der Waals surface area contributed by atoms with Gasteiger partial charge < -0.3 is 10.0 Å². The lowest BCUT2D eigenvalue weighted by Crippen LogP contribution is -2.47. The van der Waals surface area contributed by atoms with Crippen LogP contribution in [0.15, 0.2) is 30.3 Å². The first-order valence-electron chi connectivity index (χ1n) is 6.45. The molecule has 0 aliphatic carbocycles. The molecule has 1 aromatic rings. The first kappa shape index (κ1) is 13.6. The number of rotatable bonds is 3. The monoisotopic (exact) mass is 261 g/mol. The van der Waals surface area contributed by atoms with Gasteiger partial charge in [0.1, 0.15) is 0 Å². The van der Waals surface area contributed by atoms with Crippen LogP contribution in [0.25, 0.3) is 0 Å². The maximum atomic E-state index is 12.2. The van der Waals surface area contributed by atoms with Crippen molar-refractivity contribution in [1.29, 1.82) is 0 Å². The number of benzene rings is 1. The molecule has 0 bridgehead atoms. The molecule has 2 unspecified atom stereocenters. The quantitative estimate of drug-likeness (QED) is 0.909. The van der Waals surface area contributed by atoms with E-state index in [9.17, 15) is 14.7 Å². The molecule has 1 aromatic carbocycles. The number of likely N-dealkylation sites (tertiary alicyclic amines) is 1. The normalized spacial score (nSPS) is 23.4. The first-order chi connectivity index (χ1) is 8.85. The molecule has 4 nitrogen and oxygen atoms in total. The van der Waals surface area contributed by atoms with Gasteiger partial charge in [0, 0.05) is 6.42 Å². The van der Waals surface area contributed by atoms with E-state index in [2.05, 4.69) is 0 Å². The molecule has 1 fully saturated rings. The van der Waals surface area contributed by atoms with E-state index in [0.29, 0.717) is 0 Å². The molecule has 0 radical (unpaired) electrons. The Bertz CT molecular complexity index is 495. The lowest BCUT2D eigenvalue weighted by Gasteiger charge is -2.39. The number of hydrogen-bond donors (Lipinski definition) is 1. The van der Waals surface area contributed by atoms with Gasteiger partial charge in [-0.2, -0.15) is 0 Å². The summed E-state index contributed by atoms with van der Waals surface area (Å²) in [5.41, 5.74) is 0.355. The smallest absolute Gasteiger partial charge is 0.309 e. The van der Waals surface area contributed by atoms with Crippen LogP contribution in [0.2, 0.25) is 0 Å². The molecule has 1 N–H and O–H groups in total. The third kappa shape index (κ3) is 2.23. The van der Waals surface area contributed by atoms with E-state index in [1.807, 2.05) is 51.1 Å². The van der Waals surface area contributed by atoms with Crippen molar-refractivity contribution in [3.63, 3.8) is 0 Å². The Hall–Kier alpha value is -1.84. The lowest BCUT2D eigenvalue weighted by molar-refractivity contribution is -0.144. The van der Waals surface area contributed by atoms with Crippen LogP contribution in [0.5, 0.6) is 0 Å². The van der Waals surface area contributed by atoms with Gasteiger partial charge in [-0.05, 0) is 26.3 Å². The molecule has 19 heavy (non-hydrogen) atoms. The minimum absolute atomic E-state index is 0.0828. The first-order valence-corrected chi connectivity index (χ1v) is 6.45. The summed E-state index contributed by atoms with van der Waals surface area (Å²) in [4.78, 5) is 25.2. The molecule has 4 heteroatoms. The number of carbonyl (C=O) groups excluding carboxylic acids is 1. The highest BCUT2D eigenvalue weighted by Gasteiger charge is 2.51. The minimum atomic E-state index is -0.902. The highest BCUT2D eigenvalue weighted by Crippen LogP contribution is 2.41. The zero-order valence-electron chi connectivity index (χ0n) is 11.5. The van der Waals surface area contributed by atoms with Gasteiger partial charge in [-0.1, -0.05) is 30.3 Å². The van der Waals surface area contributed by atoms with Gasteiger partial charge in [0.05, 0.1) is 17.5 Å². The molecular formula is C15H19NO3. The van der Waals surface area contributed by atoms with E-state index < -0.39 is 17.4 Å². The van der Waals surface area contributed by atoms with Crippen LogP contribution in [-0.4, -0.2) is 27.4 Å². The Labute approximate surface area is 113 Å². The number of carboxylic acid groups (broad SMARTS) is 1. The van der Waals surface area contributed by atoms with Crippen LogP contribution < -0.4 is 0 Å². The zero-order chi connectivity index (χ0) is 14.2. The topological polar surface area (TPSA) is 57.6 Å². The van der Waals surface area contributed by atoms with Gasteiger partial charge in [0.2, 0.25) is 5.91 Å². The van der Waals surface area contributed by atoms with Crippen molar-refractivity contribution in [2.45, 2.75) is 38.8 Å². The van der Waals surface area contributed by atoms with Gasteiger partial charge in [-0.3, -0.25) is 9.59 Å². The summed E-state index contributed by atoms with van der Waals surface area (Å²) in [6.07, 6.45) is 0.0828. The van der Waals surface area contributed by atoms with Crippen LogP contribution in [0.3, 0.4) is 0 Å². The van der Waals surface area contributed by atoms with E-state index in [1.165, 1.54) is 0 Å². The van der Waals surface area contributed by atoms with Gasteiger partial charge in [0.25, 0.3) is 0 Å². The van der Waals surface area contributed by atoms with Crippen molar-refractivity contribution in [3.8, 4) is 0 Å². The molecule has 2 rings (SSSR count). The van der Waals surface area contributed by atoms with Crippen molar-refractivity contribution in [2.24, 2.45) is 5.92 Å². The van der Waals surface area contributed by atoms with E-state index in [4.69, 9.17) is 0 Å². The summed E-state index contributed by atoms with van der Waals surface area (Å²) < 4.78 is 0. The van der Waals surface area contributed by atoms with Crippen molar-refractivity contribution in [1.82, 2.24) is 4.90 Å². The number of carboxylic acids is 1. The Balaban J connectivity index is 2.34. The number of aliphatic carboxylic acids is 1. The average Bonchev–Trinajstić information content (AvgIpc) is 2.60. The fraction of sp³-hybridized carbons (Fsp3) is 0.467. The van der Waals surface area contributed by atoms with Gasteiger partial charge >= 0.3 is 5.97 Å². The van der Waals surface area contributed by atoms with Crippen LogP contribution >= 0.6 is 0 Å². The van der Waals surface area contributed by atoms with Crippen molar-refractivity contribution < 1.29 is 14.7 Å². The van der Waals surface area contributed by atoms with Crippen molar-refractivity contribution >= 4 is 11.9 Å². The maximum absolute atomic E-state index is 12.2. The average molecular weight is 261 g/mol. The van der Waals surface area contributed by atoms with E-state index >= 15 is 0 Å². The summed E-state index contributed by atoms with van der Waals surface area (Å²) in [6.45, 7) is 5.60. The fourth-order valence-corrected chi connectivity index (χ4v) is 3.00. The SMILES string of the molecule is CC(c1ccccc1)N1C(=O)CC(C(=O)O)C1(C)C. The number of amides is 1. The van der Waals surface area contributed by atoms with E-state index in [0.717, 1.165) is 5.56 Å². The maximum Gasteiger partial charge on any atom is 0.309 e. The zero-order valence-corrected chi connectivity index (χ0v) is 11.5. The summed E-state index contributed by atoms with van der Waals surface area (Å²) in [5, 5.41) is 9.26. The molecule has 1 amide bonds. The Morgan fingerprint density at radius 1 is 1.37 bits per heavy atom. The molecule has 1 aliphatic rings. The molecule has 2 atom stereocenters. The Morgan fingerprint density at radius 3 is 2.42 bits per heavy atom.